The summed E-state index contributed by atoms with van der Waals surface area (Å²) in [7, 11) is 0. The summed E-state index contributed by atoms with van der Waals surface area (Å²) >= 11 is 0. The van der Waals surface area contributed by atoms with Crippen LogP contribution in [0.25, 0.3) is 0 Å². The van der Waals surface area contributed by atoms with Crippen LogP contribution in [0.4, 0.5) is 0 Å². The fourth-order valence-electron chi connectivity index (χ4n) is 1.05. The van der Waals surface area contributed by atoms with Gasteiger partial charge >= 0.3 is 0 Å². The molecular formula is C10H22N2O2. The van der Waals surface area contributed by atoms with Gasteiger partial charge < -0.3 is 16.2 Å². The van der Waals surface area contributed by atoms with Gasteiger partial charge in [0, 0.05) is 6.54 Å². The van der Waals surface area contributed by atoms with Crippen molar-refractivity contribution in [2.24, 2.45) is 5.73 Å². The zero-order valence-corrected chi connectivity index (χ0v) is 9.12. The van der Waals surface area contributed by atoms with Gasteiger partial charge in [-0.2, -0.15) is 0 Å². The first-order valence-electron chi connectivity index (χ1n) is 5.33. The van der Waals surface area contributed by atoms with Crippen molar-refractivity contribution in [3.63, 3.8) is 0 Å². The van der Waals surface area contributed by atoms with Gasteiger partial charge in [-0.3, -0.25) is 4.79 Å². The van der Waals surface area contributed by atoms with Gasteiger partial charge in [0.05, 0.1) is 12.1 Å². The number of carbonyl (C=O) groups excluding carboxylic acids is 1. The van der Waals surface area contributed by atoms with Crippen LogP contribution in [-0.2, 0) is 4.79 Å². The lowest BCUT2D eigenvalue weighted by atomic mass is 10.1. The Morgan fingerprint density at radius 2 is 2.14 bits per heavy atom. The van der Waals surface area contributed by atoms with E-state index in [4.69, 9.17) is 5.73 Å². The summed E-state index contributed by atoms with van der Waals surface area (Å²) in [6, 6.07) is -0.431. The first kappa shape index (κ1) is 13.4. The number of carbonyl (C=O) groups is 1. The van der Waals surface area contributed by atoms with E-state index in [9.17, 15) is 9.90 Å². The Morgan fingerprint density at radius 1 is 1.50 bits per heavy atom. The molecule has 14 heavy (non-hydrogen) atoms. The van der Waals surface area contributed by atoms with Crippen LogP contribution in [0.15, 0.2) is 0 Å². The molecule has 0 aromatic carbocycles. The number of hydrogen-bond donors (Lipinski definition) is 3. The average Bonchev–Trinajstić information content (AvgIpc) is 2.21. The van der Waals surface area contributed by atoms with Crippen molar-refractivity contribution in [1.82, 2.24) is 5.32 Å². The second-order valence-corrected chi connectivity index (χ2v) is 3.56. The Bertz CT molecular complexity index is 162. The van der Waals surface area contributed by atoms with Crippen molar-refractivity contribution in [3.8, 4) is 0 Å². The molecular weight excluding hydrogens is 180 g/mol. The maximum absolute atomic E-state index is 11.3. The lowest BCUT2D eigenvalue weighted by molar-refractivity contribution is -0.123. The van der Waals surface area contributed by atoms with Gasteiger partial charge in [-0.25, -0.2) is 0 Å². The van der Waals surface area contributed by atoms with E-state index in [0.717, 1.165) is 12.8 Å². The monoisotopic (exact) mass is 202 g/mol. The fourth-order valence-corrected chi connectivity index (χ4v) is 1.05. The SMILES string of the molecule is CCCC[C@H](N)C(=O)NCC(O)CC. The maximum atomic E-state index is 11.3. The number of rotatable bonds is 7. The summed E-state index contributed by atoms with van der Waals surface area (Å²) < 4.78 is 0. The molecule has 0 radical (unpaired) electrons. The van der Waals surface area contributed by atoms with Gasteiger partial charge in [0.2, 0.25) is 5.91 Å². The van der Waals surface area contributed by atoms with Crippen molar-refractivity contribution in [3.05, 3.63) is 0 Å². The standard InChI is InChI=1S/C10H22N2O2/c1-3-5-6-9(11)10(14)12-7-8(13)4-2/h8-9,13H,3-7,11H2,1-2H3,(H,12,14)/t8?,9-/m0/s1. The molecule has 0 aliphatic rings. The molecule has 4 heteroatoms. The van der Waals surface area contributed by atoms with E-state index in [-0.39, 0.29) is 5.91 Å². The summed E-state index contributed by atoms with van der Waals surface area (Å²) in [5.41, 5.74) is 5.64. The van der Waals surface area contributed by atoms with E-state index in [1.165, 1.54) is 0 Å². The summed E-state index contributed by atoms with van der Waals surface area (Å²) in [6.07, 6.45) is 2.90. The van der Waals surface area contributed by atoms with Crippen LogP contribution in [0.2, 0.25) is 0 Å². The van der Waals surface area contributed by atoms with Crippen LogP contribution in [0, 0.1) is 0 Å². The molecule has 0 bridgehead atoms. The van der Waals surface area contributed by atoms with Crippen LogP contribution in [0.5, 0.6) is 0 Å². The van der Waals surface area contributed by atoms with E-state index < -0.39 is 12.1 Å². The molecule has 0 aliphatic carbocycles. The lowest BCUT2D eigenvalue weighted by Crippen LogP contribution is -2.43. The molecule has 4 N–H and O–H groups in total. The predicted molar refractivity (Wildman–Crippen MR) is 56.8 cm³/mol. The Kier molecular flexibility index (Phi) is 7.42. The van der Waals surface area contributed by atoms with E-state index in [1.807, 2.05) is 6.92 Å². The van der Waals surface area contributed by atoms with E-state index >= 15 is 0 Å². The largest absolute Gasteiger partial charge is 0.391 e. The molecule has 0 saturated heterocycles. The third-order valence-electron chi connectivity index (χ3n) is 2.19. The zero-order valence-electron chi connectivity index (χ0n) is 9.12. The minimum absolute atomic E-state index is 0.161. The molecule has 4 nitrogen and oxygen atoms in total. The molecule has 0 rings (SSSR count). The average molecular weight is 202 g/mol. The van der Waals surface area contributed by atoms with Crippen molar-refractivity contribution >= 4 is 5.91 Å². The molecule has 1 amide bonds. The minimum Gasteiger partial charge on any atom is -0.391 e. The second-order valence-electron chi connectivity index (χ2n) is 3.56. The van der Waals surface area contributed by atoms with Crippen LogP contribution in [0.1, 0.15) is 39.5 Å². The Morgan fingerprint density at radius 3 is 2.64 bits per heavy atom. The smallest absolute Gasteiger partial charge is 0.237 e. The first-order valence-corrected chi connectivity index (χ1v) is 5.33. The number of unbranched alkanes of at least 4 members (excludes halogenated alkanes) is 1. The van der Waals surface area contributed by atoms with E-state index in [2.05, 4.69) is 12.2 Å². The predicted octanol–water partition coefficient (Wildman–Crippen LogP) is 0.391. The third kappa shape index (κ3) is 5.94. The summed E-state index contributed by atoms with van der Waals surface area (Å²) in [5, 5.41) is 11.8. The lowest BCUT2D eigenvalue weighted by Gasteiger charge is -2.13. The van der Waals surface area contributed by atoms with Gasteiger partial charge in [0.1, 0.15) is 0 Å². The highest BCUT2D eigenvalue weighted by Gasteiger charge is 2.12. The van der Waals surface area contributed by atoms with Crippen LogP contribution >= 0.6 is 0 Å². The quantitative estimate of drug-likeness (QED) is 0.559. The number of aliphatic hydroxyl groups excluding tert-OH is 1. The van der Waals surface area contributed by atoms with Crippen molar-refractivity contribution in [1.29, 1.82) is 0 Å². The molecule has 0 aliphatic heterocycles. The molecule has 1 unspecified atom stereocenters. The van der Waals surface area contributed by atoms with Crippen LogP contribution in [-0.4, -0.2) is 29.7 Å². The highest BCUT2D eigenvalue weighted by Crippen LogP contribution is 1.98. The highest BCUT2D eigenvalue weighted by atomic mass is 16.3. The second kappa shape index (κ2) is 7.76. The fraction of sp³-hybridized carbons (Fsp3) is 0.900. The molecule has 2 atom stereocenters. The minimum atomic E-state index is -0.461. The topological polar surface area (TPSA) is 75.4 Å². The van der Waals surface area contributed by atoms with E-state index in [1.54, 1.807) is 0 Å². The number of amides is 1. The number of hydrogen-bond acceptors (Lipinski definition) is 3. The van der Waals surface area contributed by atoms with Gasteiger partial charge in [-0.1, -0.05) is 26.7 Å². The highest BCUT2D eigenvalue weighted by molar-refractivity contribution is 5.81. The molecule has 0 fully saturated rings. The Hall–Kier alpha value is -0.610. The molecule has 0 heterocycles. The number of nitrogens with one attached hydrogen (secondary N) is 1. The first-order chi connectivity index (χ1) is 6.61. The van der Waals surface area contributed by atoms with Crippen molar-refractivity contribution in [2.45, 2.75) is 51.7 Å². The Balaban J connectivity index is 3.61. The van der Waals surface area contributed by atoms with Crippen LogP contribution in [0.3, 0.4) is 0 Å². The van der Waals surface area contributed by atoms with Gasteiger partial charge in [-0.05, 0) is 12.8 Å². The number of nitrogens with two attached hydrogens (primary N) is 1. The van der Waals surface area contributed by atoms with Gasteiger partial charge in [0.15, 0.2) is 0 Å². The van der Waals surface area contributed by atoms with Gasteiger partial charge in [0.25, 0.3) is 0 Å². The molecule has 0 aromatic heterocycles. The normalized spacial score (nSPS) is 14.9. The molecule has 84 valence electrons. The molecule has 0 aromatic rings. The van der Waals surface area contributed by atoms with Crippen molar-refractivity contribution in [2.75, 3.05) is 6.54 Å². The maximum Gasteiger partial charge on any atom is 0.237 e. The molecule has 0 spiro atoms. The van der Waals surface area contributed by atoms with Crippen molar-refractivity contribution < 1.29 is 9.90 Å². The van der Waals surface area contributed by atoms with E-state index in [0.29, 0.717) is 19.4 Å². The zero-order chi connectivity index (χ0) is 11.0. The van der Waals surface area contributed by atoms with Crippen LogP contribution < -0.4 is 11.1 Å². The summed E-state index contributed by atoms with van der Waals surface area (Å²) in [4.78, 5) is 11.3. The third-order valence-corrected chi connectivity index (χ3v) is 2.19. The summed E-state index contributed by atoms with van der Waals surface area (Å²) in [5.74, 6) is -0.161. The molecule has 0 saturated carbocycles. The number of aliphatic hydroxyl groups is 1. The van der Waals surface area contributed by atoms with Gasteiger partial charge in [-0.15, -0.1) is 0 Å². The summed E-state index contributed by atoms with van der Waals surface area (Å²) in [6.45, 7) is 4.23. The Labute approximate surface area is 85.9 Å².